The highest BCUT2D eigenvalue weighted by Gasteiger charge is 2.14. The van der Waals surface area contributed by atoms with Crippen LogP contribution in [0.25, 0.3) is 5.65 Å². The molecule has 0 spiro atoms. The van der Waals surface area contributed by atoms with E-state index in [2.05, 4.69) is 43.1 Å². The van der Waals surface area contributed by atoms with Gasteiger partial charge in [-0.25, -0.2) is 4.98 Å². The maximum atomic E-state index is 5.91. The monoisotopic (exact) mass is 309 g/mol. The third-order valence-electron chi connectivity index (χ3n) is 3.85. The molecule has 0 bridgehead atoms. The third-order valence-corrected chi connectivity index (χ3v) is 4.05. The average Bonchev–Trinajstić information content (AvgIpc) is 2.85. The van der Waals surface area contributed by atoms with E-state index < -0.39 is 0 Å². The van der Waals surface area contributed by atoms with Crippen molar-refractivity contribution in [3.63, 3.8) is 0 Å². The molecule has 3 rings (SSSR count). The van der Waals surface area contributed by atoms with Gasteiger partial charge in [-0.15, -0.1) is 0 Å². The molecule has 0 aliphatic rings. The third kappa shape index (κ3) is 2.74. The molecule has 0 unspecified atom stereocenters. The van der Waals surface area contributed by atoms with Gasteiger partial charge in [-0.3, -0.25) is 4.40 Å². The van der Waals surface area contributed by atoms with Crippen molar-refractivity contribution in [2.45, 2.75) is 26.2 Å². The Labute approximate surface area is 135 Å². The Morgan fingerprint density at radius 2 is 1.91 bits per heavy atom. The van der Waals surface area contributed by atoms with Gasteiger partial charge in [0.2, 0.25) is 0 Å². The quantitative estimate of drug-likeness (QED) is 0.748. The van der Waals surface area contributed by atoms with Crippen LogP contribution in [0.2, 0.25) is 0 Å². The fourth-order valence-electron chi connectivity index (χ4n) is 2.64. The molecule has 0 saturated heterocycles. The van der Waals surface area contributed by atoms with Crippen LogP contribution in [-0.4, -0.2) is 14.4 Å². The SMILES string of the molecule is CC(C)c1ccc(Cc2nc3ccccn3c2C(N)=S)cc1. The number of rotatable bonds is 4. The zero-order valence-electron chi connectivity index (χ0n) is 12.8. The molecule has 0 atom stereocenters. The average molecular weight is 309 g/mol. The Hall–Kier alpha value is -2.20. The Balaban J connectivity index is 1.99. The lowest BCUT2D eigenvalue weighted by molar-refractivity contribution is 0.865. The summed E-state index contributed by atoms with van der Waals surface area (Å²) in [6, 6.07) is 14.6. The van der Waals surface area contributed by atoms with Gasteiger partial charge in [0.25, 0.3) is 0 Å². The fourth-order valence-corrected chi connectivity index (χ4v) is 2.86. The summed E-state index contributed by atoms with van der Waals surface area (Å²) in [6.07, 6.45) is 2.68. The summed E-state index contributed by atoms with van der Waals surface area (Å²) in [5.74, 6) is 0.538. The molecular weight excluding hydrogens is 290 g/mol. The molecule has 0 amide bonds. The van der Waals surface area contributed by atoms with Crippen molar-refractivity contribution in [3.8, 4) is 0 Å². The van der Waals surface area contributed by atoms with Crippen molar-refractivity contribution >= 4 is 22.9 Å². The van der Waals surface area contributed by atoms with E-state index in [4.69, 9.17) is 18.0 Å². The largest absolute Gasteiger partial charge is 0.388 e. The van der Waals surface area contributed by atoms with Gasteiger partial charge in [0.05, 0.1) is 5.69 Å². The standard InChI is InChI=1S/C18H19N3S/c1-12(2)14-8-6-13(7-9-14)11-15-17(18(19)22)21-10-4-3-5-16(21)20-15/h3-10,12H,11H2,1-2H3,(H2,19,22). The van der Waals surface area contributed by atoms with E-state index in [0.29, 0.717) is 10.9 Å². The maximum Gasteiger partial charge on any atom is 0.137 e. The van der Waals surface area contributed by atoms with Crippen LogP contribution in [0.15, 0.2) is 48.7 Å². The van der Waals surface area contributed by atoms with Crippen molar-refractivity contribution in [2.75, 3.05) is 0 Å². The molecule has 2 aromatic heterocycles. The number of hydrogen-bond donors (Lipinski definition) is 1. The summed E-state index contributed by atoms with van der Waals surface area (Å²) < 4.78 is 1.96. The molecule has 4 heteroatoms. The van der Waals surface area contributed by atoms with E-state index in [1.54, 1.807) is 0 Å². The van der Waals surface area contributed by atoms with Gasteiger partial charge in [-0.05, 0) is 29.2 Å². The van der Waals surface area contributed by atoms with E-state index >= 15 is 0 Å². The summed E-state index contributed by atoms with van der Waals surface area (Å²) in [6.45, 7) is 4.39. The van der Waals surface area contributed by atoms with Crippen LogP contribution in [0, 0.1) is 0 Å². The van der Waals surface area contributed by atoms with Gasteiger partial charge in [0.1, 0.15) is 16.3 Å². The summed E-state index contributed by atoms with van der Waals surface area (Å²) >= 11 is 5.22. The van der Waals surface area contributed by atoms with Gasteiger partial charge < -0.3 is 5.73 Å². The molecule has 0 fully saturated rings. The first-order chi connectivity index (χ1) is 10.6. The molecular formula is C18H19N3S. The minimum absolute atomic E-state index is 0.382. The Morgan fingerprint density at radius 3 is 2.55 bits per heavy atom. The maximum absolute atomic E-state index is 5.91. The number of nitrogens with two attached hydrogens (primary N) is 1. The molecule has 1 aromatic carbocycles. The summed E-state index contributed by atoms with van der Waals surface area (Å²) in [5.41, 5.74) is 11.1. The molecule has 3 aromatic rings. The highest BCUT2D eigenvalue weighted by molar-refractivity contribution is 7.80. The minimum atomic E-state index is 0.382. The lowest BCUT2D eigenvalue weighted by Crippen LogP contribution is -2.14. The molecule has 2 N–H and O–H groups in total. The number of imidazole rings is 1. The number of nitrogens with zero attached hydrogens (tertiary/aromatic N) is 2. The minimum Gasteiger partial charge on any atom is -0.388 e. The number of pyridine rings is 1. The predicted molar refractivity (Wildman–Crippen MR) is 94.4 cm³/mol. The Kier molecular flexibility index (Phi) is 3.94. The molecule has 3 nitrogen and oxygen atoms in total. The first-order valence-electron chi connectivity index (χ1n) is 7.41. The van der Waals surface area contributed by atoms with E-state index in [-0.39, 0.29) is 0 Å². The lowest BCUT2D eigenvalue weighted by Gasteiger charge is -2.07. The molecule has 0 aliphatic heterocycles. The van der Waals surface area contributed by atoms with Crippen LogP contribution >= 0.6 is 12.2 Å². The van der Waals surface area contributed by atoms with Crippen molar-refractivity contribution < 1.29 is 0 Å². The lowest BCUT2D eigenvalue weighted by atomic mass is 10.00. The molecule has 0 radical (unpaired) electrons. The number of benzene rings is 1. The van der Waals surface area contributed by atoms with Crippen LogP contribution in [0.5, 0.6) is 0 Å². The molecule has 22 heavy (non-hydrogen) atoms. The van der Waals surface area contributed by atoms with Crippen molar-refractivity contribution in [2.24, 2.45) is 5.73 Å². The smallest absolute Gasteiger partial charge is 0.137 e. The van der Waals surface area contributed by atoms with Crippen LogP contribution in [0.4, 0.5) is 0 Å². The van der Waals surface area contributed by atoms with E-state index in [1.165, 1.54) is 11.1 Å². The topological polar surface area (TPSA) is 43.3 Å². The van der Waals surface area contributed by atoms with Gasteiger partial charge in [-0.1, -0.05) is 56.4 Å². The first kappa shape index (κ1) is 14.7. The molecule has 112 valence electrons. The van der Waals surface area contributed by atoms with Gasteiger partial charge in [-0.2, -0.15) is 0 Å². The number of thiocarbonyl (C=S) groups is 1. The van der Waals surface area contributed by atoms with Gasteiger partial charge in [0, 0.05) is 12.6 Å². The first-order valence-corrected chi connectivity index (χ1v) is 7.81. The second kappa shape index (κ2) is 5.89. The van der Waals surface area contributed by atoms with Crippen LogP contribution in [0.3, 0.4) is 0 Å². The highest BCUT2D eigenvalue weighted by Crippen LogP contribution is 2.19. The normalized spacial score (nSPS) is 11.2. The van der Waals surface area contributed by atoms with Crippen molar-refractivity contribution in [3.05, 3.63) is 71.2 Å². The van der Waals surface area contributed by atoms with E-state index in [1.807, 2.05) is 28.8 Å². The van der Waals surface area contributed by atoms with Gasteiger partial charge in [0.15, 0.2) is 0 Å². The Bertz CT molecular complexity index is 816. The molecule has 2 heterocycles. The zero-order valence-corrected chi connectivity index (χ0v) is 13.6. The number of fused-ring (bicyclic) bond motifs is 1. The predicted octanol–water partition coefficient (Wildman–Crippen LogP) is 3.68. The van der Waals surface area contributed by atoms with E-state index in [9.17, 15) is 0 Å². The van der Waals surface area contributed by atoms with Crippen LogP contribution in [-0.2, 0) is 6.42 Å². The van der Waals surface area contributed by atoms with Crippen molar-refractivity contribution in [1.29, 1.82) is 0 Å². The summed E-state index contributed by atoms with van der Waals surface area (Å²) in [4.78, 5) is 5.06. The second-order valence-corrected chi connectivity index (χ2v) is 6.21. The highest BCUT2D eigenvalue weighted by atomic mass is 32.1. The van der Waals surface area contributed by atoms with Gasteiger partial charge >= 0.3 is 0 Å². The van der Waals surface area contributed by atoms with Crippen LogP contribution < -0.4 is 5.73 Å². The molecule has 0 aliphatic carbocycles. The fraction of sp³-hybridized carbons (Fsp3) is 0.222. The number of hydrogen-bond acceptors (Lipinski definition) is 2. The van der Waals surface area contributed by atoms with E-state index in [0.717, 1.165) is 23.5 Å². The second-order valence-electron chi connectivity index (χ2n) is 5.77. The molecule has 0 saturated carbocycles. The van der Waals surface area contributed by atoms with Crippen LogP contribution in [0.1, 0.15) is 42.3 Å². The summed E-state index contributed by atoms with van der Waals surface area (Å²) in [7, 11) is 0. The zero-order chi connectivity index (χ0) is 15.7. The van der Waals surface area contributed by atoms with Crippen molar-refractivity contribution in [1.82, 2.24) is 9.38 Å². The summed E-state index contributed by atoms with van der Waals surface area (Å²) in [5, 5.41) is 0. The number of aromatic nitrogens is 2. The Morgan fingerprint density at radius 1 is 1.18 bits per heavy atom.